The topological polar surface area (TPSA) is 65.5 Å². The third-order valence-corrected chi connectivity index (χ3v) is 6.57. The number of rotatable bonds is 2. The minimum Gasteiger partial charge on any atom is -0.353 e. The molecule has 0 aromatic carbocycles. The summed E-state index contributed by atoms with van der Waals surface area (Å²) in [6.45, 7) is 2.56. The lowest BCUT2D eigenvalue weighted by Crippen LogP contribution is -2.61. The Morgan fingerprint density at radius 3 is 2.72 bits per heavy atom. The van der Waals surface area contributed by atoms with Gasteiger partial charge in [-0.3, -0.25) is 9.59 Å². The number of carbonyl (C=O) groups is 2. The van der Waals surface area contributed by atoms with Crippen molar-refractivity contribution in [1.29, 1.82) is 0 Å². The second kappa shape index (κ2) is 5.16. The Hall–Kier alpha value is -2.18. The molecule has 25 heavy (non-hydrogen) atoms. The number of aromatic nitrogens is 1. The number of carbonyl (C=O) groups excluding carboxylic acids is 2. The number of amides is 2. The number of nitrogens with one attached hydrogen (secondary N) is 1. The SMILES string of the molecule is O=C1NC2(C(=O)N3CCN(c4ccc(F)cn4)CC3)CC3CC1C2C3. The molecule has 4 unspecified atom stereocenters. The lowest BCUT2D eigenvalue weighted by Gasteiger charge is -2.41. The van der Waals surface area contributed by atoms with Gasteiger partial charge in [0.2, 0.25) is 11.8 Å². The Balaban J connectivity index is 1.29. The van der Waals surface area contributed by atoms with Crippen molar-refractivity contribution in [2.45, 2.75) is 24.8 Å². The zero-order valence-corrected chi connectivity index (χ0v) is 13.9. The number of hydrogen-bond acceptors (Lipinski definition) is 4. The number of piperazine rings is 1. The maximum atomic E-state index is 13.2. The lowest BCUT2D eigenvalue weighted by molar-refractivity contribution is -0.140. The van der Waals surface area contributed by atoms with E-state index in [9.17, 15) is 14.0 Å². The van der Waals surface area contributed by atoms with Crippen LogP contribution in [0, 0.1) is 23.6 Å². The van der Waals surface area contributed by atoms with Crippen LogP contribution in [0.2, 0.25) is 0 Å². The fourth-order valence-electron chi connectivity index (χ4n) is 5.48. The summed E-state index contributed by atoms with van der Waals surface area (Å²) in [7, 11) is 0. The first-order valence-electron chi connectivity index (χ1n) is 9.05. The van der Waals surface area contributed by atoms with E-state index in [1.807, 2.05) is 4.90 Å². The molecule has 4 atom stereocenters. The normalized spacial score (nSPS) is 36.0. The van der Waals surface area contributed by atoms with Gasteiger partial charge in [-0.2, -0.15) is 0 Å². The van der Waals surface area contributed by atoms with Crippen molar-refractivity contribution in [2.24, 2.45) is 17.8 Å². The number of anilines is 1. The summed E-state index contributed by atoms with van der Waals surface area (Å²) in [5.74, 6) is 1.32. The molecule has 7 heteroatoms. The summed E-state index contributed by atoms with van der Waals surface area (Å²) in [4.78, 5) is 33.5. The predicted octanol–water partition coefficient (Wildman–Crippen LogP) is 0.784. The van der Waals surface area contributed by atoms with E-state index < -0.39 is 5.54 Å². The summed E-state index contributed by atoms with van der Waals surface area (Å²) in [5.41, 5.74) is -0.638. The lowest BCUT2D eigenvalue weighted by atomic mass is 9.78. The van der Waals surface area contributed by atoms with Crippen LogP contribution in [0.3, 0.4) is 0 Å². The van der Waals surface area contributed by atoms with E-state index in [0.717, 1.165) is 25.1 Å². The van der Waals surface area contributed by atoms with Gasteiger partial charge in [-0.05, 0) is 37.3 Å². The number of nitrogens with zero attached hydrogens (tertiary/aromatic N) is 3. The average molecular weight is 344 g/mol. The van der Waals surface area contributed by atoms with Crippen LogP contribution in [-0.4, -0.2) is 53.4 Å². The number of halogens is 1. The molecule has 1 aromatic heterocycles. The summed E-state index contributed by atoms with van der Waals surface area (Å²) >= 11 is 0. The van der Waals surface area contributed by atoms with Gasteiger partial charge in [0.1, 0.15) is 17.2 Å². The zero-order chi connectivity index (χ0) is 17.2. The van der Waals surface area contributed by atoms with E-state index in [2.05, 4.69) is 15.2 Å². The summed E-state index contributed by atoms with van der Waals surface area (Å²) < 4.78 is 13.0. The predicted molar refractivity (Wildman–Crippen MR) is 88.2 cm³/mol. The Bertz CT molecular complexity index is 731. The molecule has 1 aromatic rings. The van der Waals surface area contributed by atoms with Crippen LogP contribution in [0.4, 0.5) is 10.2 Å². The van der Waals surface area contributed by atoms with Crippen LogP contribution in [0.15, 0.2) is 18.3 Å². The largest absolute Gasteiger partial charge is 0.353 e. The fraction of sp³-hybridized carbons (Fsp3) is 0.611. The van der Waals surface area contributed by atoms with E-state index in [1.165, 1.54) is 12.3 Å². The first-order valence-corrected chi connectivity index (χ1v) is 9.05. The molecule has 2 saturated carbocycles. The second-order valence-corrected chi connectivity index (χ2v) is 7.83. The highest BCUT2D eigenvalue weighted by Gasteiger charge is 2.67. The van der Waals surface area contributed by atoms with Gasteiger partial charge in [0.15, 0.2) is 0 Å². The summed E-state index contributed by atoms with van der Waals surface area (Å²) in [5, 5.41) is 3.07. The fourth-order valence-corrected chi connectivity index (χ4v) is 5.48. The van der Waals surface area contributed by atoms with E-state index in [4.69, 9.17) is 0 Å². The maximum Gasteiger partial charge on any atom is 0.248 e. The van der Waals surface area contributed by atoms with E-state index in [1.54, 1.807) is 6.07 Å². The van der Waals surface area contributed by atoms with E-state index in [0.29, 0.717) is 32.1 Å². The molecule has 4 fully saturated rings. The molecule has 0 radical (unpaired) electrons. The Kier molecular flexibility index (Phi) is 3.12. The zero-order valence-electron chi connectivity index (χ0n) is 13.9. The van der Waals surface area contributed by atoms with Gasteiger partial charge in [0.05, 0.1) is 6.20 Å². The Morgan fingerprint density at radius 2 is 2.04 bits per heavy atom. The van der Waals surface area contributed by atoms with Crippen molar-refractivity contribution < 1.29 is 14.0 Å². The highest BCUT2D eigenvalue weighted by Crippen LogP contribution is 2.58. The standard InChI is InChI=1S/C18H21FN4O2/c19-12-1-2-15(20-10-12)22-3-5-23(6-4-22)17(25)18-9-11-7-13(14(18)8-11)16(24)21-18/h1-2,10-11,13-14H,3-9H2,(H,21,24). The highest BCUT2D eigenvalue weighted by molar-refractivity contribution is 5.97. The van der Waals surface area contributed by atoms with E-state index >= 15 is 0 Å². The third kappa shape index (κ3) is 2.10. The van der Waals surface area contributed by atoms with Crippen LogP contribution in [0.25, 0.3) is 0 Å². The maximum absolute atomic E-state index is 13.2. The van der Waals surface area contributed by atoms with Crippen molar-refractivity contribution in [1.82, 2.24) is 15.2 Å². The van der Waals surface area contributed by atoms with Crippen LogP contribution in [-0.2, 0) is 9.59 Å². The van der Waals surface area contributed by atoms with Crippen molar-refractivity contribution in [3.63, 3.8) is 0 Å². The van der Waals surface area contributed by atoms with Gasteiger partial charge in [-0.15, -0.1) is 0 Å². The minimum absolute atomic E-state index is 0.0485. The summed E-state index contributed by atoms with van der Waals surface area (Å²) in [6, 6.07) is 3.07. The van der Waals surface area contributed by atoms with Gasteiger partial charge in [0.25, 0.3) is 0 Å². The number of pyridine rings is 1. The average Bonchev–Trinajstić information content (AvgIpc) is 3.24. The molecule has 3 heterocycles. The molecule has 2 bridgehead atoms. The van der Waals surface area contributed by atoms with Crippen molar-refractivity contribution >= 4 is 17.6 Å². The summed E-state index contributed by atoms with van der Waals surface area (Å²) in [6.07, 6.45) is 3.98. The molecule has 6 nitrogen and oxygen atoms in total. The van der Waals surface area contributed by atoms with Crippen LogP contribution >= 0.6 is 0 Å². The molecule has 2 amide bonds. The Labute approximate surface area is 145 Å². The molecule has 4 aliphatic rings. The van der Waals surface area contributed by atoms with Crippen molar-refractivity contribution in [3.05, 3.63) is 24.1 Å². The first-order chi connectivity index (χ1) is 12.1. The van der Waals surface area contributed by atoms with Gasteiger partial charge in [-0.25, -0.2) is 9.37 Å². The van der Waals surface area contributed by atoms with Gasteiger partial charge in [0, 0.05) is 38.0 Å². The number of fused-ring (bicyclic) bond motifs is 1. The van der Waals surface area contributed by atoms with Gasteiger partial charge in [-0.1, -0.05) is 0 Å². The van der Waals surface area contributed by atoms with E-state index in [-0.39, 0.29) is 29.5 Å². The first kappa shape index (κ1) is 15.1. The minimum atomic E-state index is -0.638. The smallest absolute Gasteiger partial charge is 0.248 e. The molecule has 0 spiro atoms. The molecule has 2 aliphatic carbocycles. The van der Waals surface area contributed by atoms with Crippen LogP contribution in [0.1, 0.15) is 19.3 Å². The highest BCUT2D eigenvalue weighted by atomic mass is 19.1. The van der Waals surface area contributed by atoms with Crippen molar-refractivity contribution in [2.75, 3.05) is 31.1 Å². The monoisotopic (exact) mass is 344 g/mol. The molecule has 1 N–H and O–H groups in total. The van der Waals surface area contributed by atoms with Gasteiger partial charge >= 0.3 is 0 Å². The molecule has 2 saturated heterocycles. The third-order valence-electron chi connectivity index (χ3n) is 6.57. The Morgan fingerprint density at radius 1 is 1.24 bits per heavy atom. The molecule has 2 aliphatic heterocycles. The van der Waals surface area contributed by atoms with Crippen LogP contribution in [0.5, 0.6) is 0 Å². The molecular weight excluding hydrogens is 323 g/mol. The van der Waals surface area contributed by atoms with Crippen molar-refractivity contribution in [3.8, 4) is 0 Å². The molecular formula is C18H21FN4O2. The second-order valence-electron chi connectivity index (χ2n) is 7.83. The number of hydrogen-bond donors (Lipinski definition) is 1. The van der Waals surface area contributed by atoms with Gasteiger partial charge < -0.3 is 15.1 Å². The van der Waals surface area contributed by atoms with Crippen LogP contribution < -0.4 is 10.2 Å². The molecule has 132 valence electrons. The molecule has 5 rings (SSSR count). The quantitative estimate of drug-likeness (QED) is 0.861.